The summed E-state index contributed by atoms with van der Waals surface area (Å²) >= 11 is 0. The molecule has 0 spiro atoms. The highest BCUT2D eigenvalue weighted by atomic mass is 32.2. The summed E-state index contributed by atoms with van der Waals surface area (Å²) in [5, 5.41) is 18.3. The predicted octanol–water partition coefficient (Wildman–Crippen LogP) is 6.35. The summed E-state index contributed by atoms with van der Waals surface area (Å²) in [5.74, 6) is 0.416. The molecular weight excluding hydrogens is 623 g/mol. The number of aromatic nitrogens is 8. The van der Waals surface area contributed by atoms with Gasteiger partial charge in [0.1, 0.15) is 0 Å². The summed E-state index contributed by atoms with van der Waals surface area (Å²) in [5.41, 5.74) is 13.3. The number of nitrogens with one attached hydrogen (secondary N) is 4. The highest BCUT2D eigenvalue weighted by Gasteiger charge is 2.53. The molecule has 4 bridgehead atoms. The molecule has 0 amide bonds. The Labute approximate surface area is 278 Å². The number of H-pyrrole nitrogens is 4. The van der Waals surface area contributed by atoms with Gasteiger partial charge in [-0.2, -0.15) is 0 Å². The molecule has 12 heteroatoms. The van der Waals surface area contributed by atoms with Gasteiger partial charge in [0.25, 0.3) is 0 Å². The van der Waals surface area contributed by atoms with Crippen molar-refractivity contribution in [2.45, 2.75) is 112 Å². The zero-order valence-corrected chi connectivity index (χ0v) is 28.1. The lowest BCUT2D eigenvalue weighted by Crippen LogP contribution is -2.53. The Hall–Kier alpha value is -3.77. The molecule has 11 nitrogen and oxygen atoms in total. The van der Waals surface area contributed by atoms with Crippen molar-refractivity contribution in [3.8, 4) is 0 Å². The van der Waals surface area contributed by atoms with E-state index in [-0.39, 0.29) is 27.0 Å². The zero-order chi connectivity index (χ0) is 32.4. The molecule has 6 heterocycles. The maximum atomic E-state index is 12.6. The number of aromatic amines is 4. The topological polar surface area (TPSA) is 175 Å². The Kier molecular flexibility index (Phi) is 6.02. The van der Waals surface area contributed by atoms with E-state index in [4.69, 9.17) is 5.73 Å². The van der Waals surface area contributed by atoms with Crippen LogP contribution < -0.4 is 5.73 Å². The van der Waals surface area contributed by atoms with Gasteiger partial charge < -0.3 is 15.9 Å². The third-order valence-electron chi connectivity index (χ3n) is 13.5. The number of nitrogens with two attached hydrogens (primary N) is 1. The van der Waals surface area contributed by atoms with Crippen LogP contribution in [0.1, 0.15) is 101 Å². The molecular formula is C36H43N9O2S. The van der Waals surface area contributed by atoms with Crippen LogP contribution in [0.5, 0.6) is 0 Å². The van der Waals surface area contributed by atoms with Crippen molar-refractivity contribution in [3.05, 3.63) is 48.3 Å². The van der Waals surface area contributed by atoms with Gasteiger partial charge in [0.05, 0.1) is 34.4 Å². The minimum atomic E-state index is -2.89. The van der Waals surface area contributed by atoms with Gasteiger partial charge in [-0.25, -0.2) is 28.4 Å². The van der Waals surface area contributed by atoms with Crippen LogP contribution in [0.4, 0.5) is 0 Å². The molecule has 0 unspecified atom stereocenters. The maximum absolute atomic E-state index is 12.6. The largest absolute Gasteiger partial charge is 0.325 e. The van der Waals surface area contributed by atoms with E-state index in [1.54, 1.807) is 0 Å². The molecule has 0 atom stereocenters. The van der Waals surface area contributed by atoms with Crippen LogP contribution in [0.3, 0.4) is 0 Å². The summed E-state index contributed by atoms with van der Waals surface area (Å²) in [6.07, 6.45) is 22.4. The van der Waals surface area contributed by atoms with E-state index in [0.717, 1.165) is 104 Å². The number of rotatable bonds is 5. The smallest absolute Gasteiger partial charge is 0.159 e. The number of hydrogen-bond acceptors (Lipinski definition) is 7. The summed E-state index contributed by atoms with van der Waals surface area (Å²) in [6.45, 7) is 0. The van der Waals surface area contributed by atoms with Gasteiger partial charge in [0.2, 0.25) is 0 Å². The van der Waals surface area contributed by atoms with E-state index in [0.29, 0.717) is 5.75 Å². The monoisotopic (exact) mass is 665 g/mol. The summed E-state index contributed by atoms with van der Waals surface area (Å²) in [7, 11) is -2.89. The molecule has 6 aromatic rings. The van der Waals surface area contributed by atoms with Gasteiger partial charge >= 0.3 is 0 Å². The number of pyridine rings is 2. The van der Waals surface area contributed by atoms with Gasteiger partial charge in [-0.3, -0.25) is 10.2 Å². The molecule has 0 aromatic carbocycles. The fraction of sp³-hybridized carbons (Fsp3) is 0.556. The van der Waals surface area contributed by atoms with Crippen LogP contribution in [0, 0.1) is 5.41 Å². The van der Waals surface area contributed by atoms with Crippen LogP contribution in [0.25, 0.3) is 43.9 Å². The van der Waals surface area contributed by atoms with Gasteiger partial charge in [0.15, 0.2) is 21.1 Å². The van der Waals surface area contributed by atoms with Crippen LogP contribution in [-0.4, -0.2) is 65.3 Å². The molecule has 0 radical (unpaired) electrons. The highest BCUT2D eigenvalue weighted by Crippen LogP contribution is 2.59. The third-order valence-corrected chi connectivity index (χ3v) is 16.0. The van der Waals surface area contributed by atoms with Crippen molar-refractivity contribution in [1.82, 2.24) is 40.3 Å². The van der Waals surface area contributed by atoms with Gasteiger partial charge in [-0.15, -0.1) is 0 Å². The first kappa shape index (κ1) is 29.2. The Morgan fingerprint density at radius 1 is 0.646 bits per heavy atom. The fourth-order valence-electron chi connectivity index (χ4n) is 10.2. The van der Waals surface area contributed by atoms with Gasteiger partial charge in [-0.1, -0.05) is 0 Å². The molecule has 6 N–H and O–H groups in total. The molecule has 7 fully saturated rings. The molecule has 250 valence electrons. The summed E-state index contributed by atoms with van der Waals surface area (Å²) < 4.78 is 25.2. The Bertz CT molecular complexity index is 2270. The predicted molar refractivity (Wildman–Crippen MR) is 186 cm³/mol. The zero-order valence-electron chi connectivity index (χ0n) is 27.2. The van der Waals surface area contributed by atoms with E-state index < -0.39 is 9.84 Å². The van der Waals surface area contributed by atoms with E-state index >= 15 is 0 Å². The second kappa shape index (κ2) is 9.90. The first-order valence-electron chi connectivity index (χ1n) is 17.8. The Balaban J connectivity index is 0.000000127. The number of sulfone groups is 1. The molecule has 0 aliphatic heterocycles. The first-order valence-corrected chi connectivity index (χ1v) is 19.5. The van der Waals surface area contributed by atoms with Crippen LogP contribution in [0.2, 0.25) is 0 Å². The quantitative estimate of drug-likeness (QED) is 0.143. The lowest BCUT2D eigenvalue weighted by Gasteiger charge is -2.53. The molecule has 13 rings (SSSR count). The van der Waals surface area contributed by atoms with Crippen LogP contribution >= 0.6 is 0 Å². The van der Waals surface area contributed by atoms with Crippen molar-refractivity contribution >= 4 is 53.7 Å². The van der Waals surface area contributed by atoms with Crippen molar-refractivity contribution in [1.29, 1.82) is 0 Å². The van der Waals surface area contributed by atoms with Crippen LogP contribution in [-0.2, 0) is 20.7 Å². The van der Waals surface area contributed by atoms with Gasteiger partial charge in [-0.05, 0) is 107 Å². The van der Waals surface area contributed by atoms with Crippen molar-refractivity contribution in [3.63, 3.8) is 0 Å². The average Bonchev–Trinajstić information content (AvgIpc) is 3.46. The molecule has 6 aromatic heterocycles. The van der Waals surface area contributed by atoms with E-state index in [2.05, 4.69) is 46.4 Å². The molecule has 48 heavy (non-hydrogen) atoms. The number of nitrogens with zero attached hydrogens (tertiary/aromatic N) is 4. The number of fused-ring (bicyclic) bond motifs is 12. The van der Waals surface area contributed by atoms with E-state index in [9.17, 15) is 8.42 Å². The van der Waals surface area contributed by atoms with Gasteiger partial charge in [0, 0.05) is 61.7 Å². The highest BCUT2D eigenvalue weighted by molar-refractivity contribution is 7.92. The standard InChI is InChI=1S/C20H24N4O2S.C16H19N5/c25-27(26,13-1-2-13)12-19-4-7-20(8-5-19,9-6-19)17-16-14-3-10-21-18(14)22-11-15(16)23-24-17;17-16-5-2-15(3-6-16,4-7-16)13-12-10-1-8-18-14(10)19-9-11(12)20-21-13/h3,10-11,13,23-24H,1-2,4-9,12H2;1,8-9,20-21H,2-7,17H2. The molecule has 7 aliphatic rings. The first-order chi connectivity index (χ1) is 23.2. The minimum absolute atomic E-state index is 0.0218. The average molecular weight is 666 g/mol. The second-order valence-electron chi connectivity index (χ2n) is 16.1. The van der Waals surface area contributed by atoms with Crippen LogP contribution in [0.15, 0.2) is 36.9 Å². The normalized spacial score (nSPS) is 31.6. The molecule has 0 saturated heterocycles. The Morgan fingerprint density at radius 3 is 1.56 bits per heavy atom. The second-order valence-corrected chi connectivity index (χ2v) is 18.4. The molecule has 7 saturated carbocycles. The number of hydrogen-bond donors (Lipinski definition) is 5. The Morgan fingerprint density at radius 2 is 1.10 bits per heavy atom. The summed E-state index contributed by atoms with van der Waals surface area (Å²) in [6, 6.07) is 4.12. The lowest BCUT2D eigenvalue weighted by molar-refractivity contribution is 0.0565. The maximum Gasteiger partial charge on any atom is 0.159 e. The van der Waals surface area contributed by atoms with E-state index in [1.807, 2.05) is 30.9 Å². The third kappa shape index (κ3) is 4.30. The SMILES string of the molecule is NC12CCC(c3[nH][nH]c4cnc5nccc5c34)(CC1)CC2.O=S(=O)(CC12CCC(c3[nH][nH]c4cnc5nccc5c34)(CC1)CC2)C1CC1. The fourth-order valence-corrected chi connectivity index (χ4v) is 12.6. The summed E-state index contributed by atoms with van der Waals surface area (Å²) in [4.78, 5) is 17.6. The lowest BCUT2D eigenvalue weighted by atomic mass is 9.53. The van der Waals surface area contributed by atoms with Crippen molar-refractivity contribution in [2.75, 3.05) is 5.75 Å². The van der Waals surface area contributed by atoms with Crippen molar-refractivity contribution < 1.29 is 8.42 Å². The minimum Gasteiger partial charge on any atom is -0.325 e. The van der Waals surface area contributed by atoms with E-state index in [1.165, 1.54) is 41.4 Å². The molecule has 7 aliphatic carbocycles. The van der Waals surface area contributed by atoms with Crippen molar-refractivity contribution in [2.24, 2.45) is 11.1 Å².